The molecule has 0 N–H and O–H groups in total. The number of para-hydroxylation sites is 1. The summed E-state index contributed by atoms with van der Waals surface area (Å²) >= 11 is 0. The molecule has 0 aliphatic heterocycles. The van der Waals surface area contributed by atoms with Gasteiger partial charge in [0.05, 0.1) is 30.8 Å². The monoisotopic (exact) mass is 430 g/mol. The van der Waals surface area contributed by atoms with Crippen LogP contribution in [0.4, 0.5) is 0 Å². The summed E-state index contributed by atoms with van der Waals surface area (Å²) in [6, 6.07) is 17.6. The lowest BCUT2D eigenvalue weighted by Crippen LogP contribution is -2.40. The number of nitrogens with zero attached hydrogens (tertiary/aromatic N) is 4. The molecule has 0 saturated heterocycles. The third kappa shape index (κ3) is 3.49. The Balaban J connectivity index is 1.58. The number of ether oxygens (including phenoxy) is 1. The lowest BCUT2D eigenvalue weighted by Gasteiger charge is -2.12. The second kappa shape index (κ2) is 8.03. The molecule has 9 heteroatoms. The van der Waals surface area contributed by atoms with Crippen molar-refractivity contribution in [2.75, 3.05) is 7.11 Å². The molecule has 5 rings (SSSR count). The van der Waals surface area contributed by atoms with Gasteiger partial charge in [-0.25, -0.2) is 4.79 Å². The van der Waals surface area contributed by atoms with Crippen molar-refractivity contribution in [3.8, 4) is 17.1 Å². The quantitative estimate of drug-likeness (QED) is 0.408. The molecule has 0 fully saturated rings. The number of benzene rings is 2. The van der Waals surface area contributed by atoms with Gasteiger partial charge in [-0.05, 0) is 36.4 Å². The van der Waals surface area contributed by atoms with E-state index in [-0.39, 0.29) is 24.5 Å². The van der Waals surface area contributed by atoms with E-state index < -0.39 is 5.69 Å². The molecule has 9 nitrogen and oxygen atoms in total. The summed E-state index contributed by atoms with van der Waals surface area (Å²) in [5.41, 5.74) is 0.325. The second-order valence-electron chi connectivity index (χ2n) is 7.10. The highest BCUT2D eigenvalue weighted by atomic mass is 16.5. The minimum Gasteiger partial charge on any atom is -0.497 e. The van der Waals surface area contributed by atoms with Crippen molar-refractivity contribution in [2.45, 2.75) is 13.1 Å². The molecule has 2 aromatic carbocycles. The van der Waals surface area contributed by atoms with Crippen LogP contribution in [0.3, 0.4) is 0 Å². The normalized spacial score (nSPS) is 11.2. The summed E-state index contributed by atoms with van der Waals surface area (Å²) in [6.07, 6.45) is 1.50. The van der Waals surface area contributed by atoms with Crippen molar-refractivity contribution in [3.05, 3.63) is 99.4 Å². The minimum absolute atomic E-state index is 0.00868. The molecular formula is C23H18N4O5. The van der Waals surface area contributed by atoms with E-state index in [2.05, 4.69) is 10.1 Å². The largest absolute Gasteiger partial charge is 0.497 e. The topological polar surface area (TPSA) is 105 Å². The fourth-order valence-electron chi connectivity index (χ4n) is 3.56. The summed E-state index contributed by atoms with van der Waals surface area (Å²) < 4.78 is 18.6. The zero-order valence-electron chi connectivity index (χ0n) is 17.1. The summed E-state index contributed by atoms with van der Waals surface area (Å²) in [4.78, 5) is 30.7. The average Bonchev–Trinajstić information content (AvgIpc) is 3.52. The van der Waals surface area contributed by atoms with Gasteiger partial charge in [0.2, 0.25) is 11.7 Å². The highest BCUT2D eigenvalue weighted by Gasteiger charge is 2.17. The number of hydrogen-bond donors (Lipinski definition) is 0. The zero-order valence-corrected chi connectivity index (χ0v) is 17.1. The van der Waals surface area contributed by atoms with E-state index in [1.165, 1.54) is 10.8 Å². The molecule has 32 heavy (non-hydrogen) atoms. The van der Waals surface area contributed by atoms with Crippen LogP contribution in [0.15, 0.2) is 85.5 Å². The predicted octanol–water partition coefficient (Wildman–Crippen LogP) is 2.91. The highest BCUT2D eigenvalue weighted by molar-refractivity contribution is 5.77. The Labute approximate surface area is 181 Å². The Bertz CT molecular complexity index is 1510. The van der Waals surface area contributed by atoms with Gasteiger partial charge in [-0.1, -0.05) is 29.4 Å². The van der Waals surface area contributed by atoms with E-state index in [4.69, 9.17) is 13.7 Å². The van der Waals surface area contributed by atoms with Crippen molar-refractivity contribution in [1.29, 1.82) is 0 Å². The average molecular weight is 430 g/mol. The third-order valence-corrected chi connectivity index (χ3v) is 5.12. The summed E-state index contributed by atoms with van der Waals surface area (Å²) in [7, 11) is 1.58. The van der Waals surface area contributed by atoms with E-state index in [9.17, 15) is 9.59 Å². The molecule has 0 bridgehead atoms. The maximum Gasteiger partial charge on any atom is 0.332 e. The molecule has 160 valence electrons. The lowest BCUT2D eigenvalue weighted by molar-refractivity contribution is 0.369. The molecule has 3 aromatic heterocycles. The Hall–Kier alpha value is -4.40. The molecule has 3 heterocycles. The van der Waals surface area contributed by atoms with Gasteiger partial charge < -0.3 is 13.7 Å². The van der Waals surface area contributed by atoms with E-state index in [1.807, 2.05) is 18.2 Å². The molecule has 0 aliphatic carbocycles. The van der Waals surface area contributed by atoms with Crippen molar-refractivity contribution >= 4 is 10.9 Å². The summed E-state index contributed by atoms with van der Waals surface area (Å²) in [6.45, 7) is 0.0309. The number of fused-ring (bicyclic) bond motifs is 1. The van der Waals surface area contributed by atoms with Crippen LogP contribution < -0.4 is 16.0 Å². The van der Waals surface area contributed by atoms with Gasteiger partial charge in [-0.3, -0.25) is 13.9 Å². The number of rotatable bonds is 6. The molecule has 0 atom stereocenters. The summed E-state index contributed by atoms with van der Waals surface area (Å²) in [5, 5.41) is 4.44. The van der Waals surface area contributed by atoms with Crippen LogP contribution in [0.2, 0.25) is 0 Å². The first kappa shape index (κ1) is 19.6. The SMILES string of the molecule is COc1cccc(-c2noc(Cn3c(=O)n(Cc4ccco4)c(=O)c4ccccc43)n2)c1. The smallest absolute Gasteiger partial charge is 0.332 e. The van der Waals surface area contributed by atoms with E-state index in [0.29, 0.717) is 28.2 Å². The van der Waals surface area contributed by atoms with Gasteiger partial charge in [0.1, 0.15) is 18.1 Å². The molecule has 5 aromatic rings. The van der Waals surface area contributed by atoms with Gasteiger partial charge >= 0.3 is 5.69 Å². The van der Waals surface area contributed by atoms with Gasteiger partial charge in [0.25, 0.3) is 5.56 Å². The van der Waals surface area contributed by atoms with Crippen LogP contribution in [-0.4, -0.2) is 26.4 Å². The van der Waals surface area contributed by atoms with E-state index in [0.717, 1.165) is 10.1 Å². The van der Waals surface area contributed by atoms with Crippen molar-refractivity contribution < 1.29 is 13.7 Å². The second-order valence-corrected chi connectivity index (χ2v) is 7.10. The number of aromatic nitrogens is 4. The van der Waals surface area contributed by atoms with E-state index in [1.54, 1.807) is 49.6 Å². The maximum absolute atomic E-state index is 13.3. The van der Waals surface area contributed by atoms with Gasteiger partial charge in [-0.15, -0.1) is 0 Å². The van der Waals surface area contributed by atoms with Gasteiger partial charge in [-0.2, -0.15) is 4.98 Å². The summed E-state index contributed by atoms with van der Waals surface area (Å²) in [5.74, 6) is 1.78. The molecule has 0 unspecified atom stereocenters. The fourth-order valence-corrected chi connectivity index (χ4v) is 3.56. The Morgan fingerprint density at radius 1 is 0.969 bits per heavy atom. The standard InChI is InChI=1S/C23H18N4O5/c1-30-16-7-4-6-15(12-16)21-24-20(32-25-21)14-26-19-10-3-2-9-18(19)22(28)27(23(26)29)13-17-8-5-11-31-17/h2-12H,13-14H2,1H3. The predicted molar refractivity (Wildman–Crippen MR) is 116 cm³/mol. The van der Waals surface area contributed by atoms with Gasteiger partial charge in [0, 0.05) is 5.56 Å². The van der Waals surface area contributed by atoms with Crippen molar-refractivity contribution in [2.24, 2.45) is 0 Å². The van der Waals surface area contributed by atoms with Gasteiger partial charge in [0.15, 0.2) is 0 Å². The lowest BCUT2D eigenvalue weighted by atomic mass is 10.2. The molecule has 0 aliphatic rings. The van der Waals surface area contributed by atoms with Crippen molar-refractivity contribution in [3.63, 3.8) is 0 Å². The molecular weight excluding hydrogens is 412 g/mol. The van der Waals surface area contributed by atoms with Crippen LogP contribution >= 0.6 is 0 Å². The fraction of sp³-hybridized carbons (Fsp3) is 0.130. The van der Waals surface area contributed by atoms with Crippen LogP contribution in [0.5, 0.6) is 5.75 Å². The number of methoxy groups -OCH3 is 1. The first-order chi connectivity index (χ1) is 15.6. The zero-order chi connectivity index (χ0) is 22.1. The van der Waals surface area contributed by atoms with Crippen LogP contribution in [0.1, 0.15) is 11.7 Å². The molecule has 0 saturated carbocycles. The van der Waals surface area contributed by atoms with Crippen LogP contribution in [0.25, 0.3) is 22.3 Å². The first-order valence-corrected chi connectivity index (χ1v) is 9.86. The number of hydrogen-bond acceptors (Lipinski definition) is 7. The maximum atomic E-state index is 13.3. The minimum atomic E-state index is -0.494. The molecule has 0 amide bonds. The first-order valence-electron chi connectivity index (χ1n) is 9.86. The Morgan fingerprint density at radius 2 is 1.84 bits per heavy atom. The number of furan rings is 1. The van der Waals surface area contributed by atoms with Crippen LogP contribution in [-0.2, 0) is 13.1 Å². The highest BCUT2D eigenvalue weighted by Crippen LogP contribution is 2.21. The van der Waals surface area contributed by atoms with Crippen molar-refractivity contribution in [1.82, 2.24) is 19.3 Å². The molecule has 0 radical (unpaired) electrons. The van der Waals surface area contributed by atoms with E-state index >= 15 is 0 Å². The Morgan fingerprint density at radius 3 is 2.66 bits per heavy atom. The van der Waals surface area contributed by atoms with Crippen LogP contribution in [0, 0.1) is 0 Å². The molecule has 0 spiro atoms. The Kier molecular flexibility index (Phi) is 4.91. The third-order valence-electron chi connectivity index (χ3n) is 5.12.